The molecule has 4 aromatic carbocycles. The van der Waals surface area contributed by atoms with Crippen LogP contribution < -0.4 is 14.4 Å². The average molecular weight is 834 g/mol. The van der Waals surface area contributed by atoms with Crippen LogP contribution in [0.1, 0.15) is 47.2 Å². The number of anilines is 1. The van der Waals surface area contributed by atoms with Crippen molar-refractivity contribution in [3.63, 3.8) is 0 Å². The Bertz CT molecular complexity index is 2590. The van der Waals surface area contributed by atoms with Crippen LogP contribution in [0.5, 0.6) is 11.5 Å². The van der Waals surface area contributed by atoms with Gasteiger partial charge in [-0.3, -0.25) is 4.68 Å². The van der Waals surface area contributed by atoms with Crippen LogP contribution in [0.15, 0.2) is 84.9 Å². The van der Waals surface area contributed by atoms with Crippen molar-refractivity contribution in [2.75, 3.05) is 72.0 Å². The molecule has 0 N–H and O–H groups in total. The zero-order valence-corrected chi connectivity index (χ0v) is 36.1. The third kappa shape index (κ3) is 8.21. The number of aromatic nitrogens is 3. The quantitative estimate of drug-likeness (QED) is 0.0924. The number of hydrogen-bond acceptors (Lipinski definition) is 9. The molecule has 0 bridgehead atoms. The molecular weight excluding hydrogens is 779 g/mol. The monoisotopic (exact) mass is 833 g/mol. The van der Waals surface area contributed by atoms with Gasteiger partial charge in [-0.1, -0.05) is 54.6 Å². The van der Waals surface area contributed by atoms with E-state index in [2.05, 4.69) is 57.8 Å². The molecule has 316 valence electrons. The SMILES string of the molecule is CCOC(=O)c1c(CCCOc2cccc3ccccc23)c2cccc3c2n1CCCN(C)Cc1nn(C)c(COc2ccc(N4CCN(S(=O)(=O)N(C)C)CC4)cc2)c1-3. The second-order valence-corrected chi connectivity index (χ2v) is 17.9. The number of aryl methyl sites for hydroxylation is 3. The van der Waals surface area contributed by atoms with E-state index in [1.54, 1.807) is 14.1 Å². The summed E-state index contributed by atoms with van der Waals surface area (Å²) in [5.41, 5.74) is 7.52. The smallest absolute Gasteiger partial charge is 0.355 e. The van der Waals surface area contributed by atoms with Crippen LogP contribution in [0, 0.1) is 0 Å². The maximum Gasteiger partial charge on any atom is 0.355 e. The number of esters is 1. The van der Waals surface area contributed by atoms with Gasteiger partial charge in [0.1, 0.15) is 23.8 Å². The van der Waals surface area contributed by atoms with E-state index < -0.39 is 10.2 Å². The Hall–Kier alpha value is -5.41. The van der Waals surface area contributed by atoms with Crippen LogP contribution >= 0.6 is 0 Å². The van der Waals surface area contributed by atoms with Crippen molar-refractivity contribution in [2.24, 2.45) is 7.05 Å². The lowest BCUT2D eigenvalue weighted by atomic mass is 9.97. The van der Waals surface area contributed by atoms with E-state index in [9.17, 15) is 13.2 Å². The van der Waals surface area contributed by atoms with Crippen molar-refractivity contribution < 1.29 is 27.4 Å². The van der Waals surface area contributed by atoms with Crippen LogP contribution in [0.25, 0.3) is 32.8 Å². The van der Waals surface area contributed by atoms with E-state index >= 15 is 0 Å². The van der Waals surface area contributed by atoms with Gasteiger partial charge in [-0.15, -0.1) is 0 Å². The molecule has 60 heavy (non-hydrogen) atoms. The van der Waals surface area contributed by atoms with Crippen molar-refractivity contribution in [2.45, 2.75) is 45.9 Å². The highest BCUT2D eigenvalue weighted by molar-refractivity contribution is 7.86. The molecule has 0 atom stereocenters. The lowest BCUT2D eigenvalue weighted by molar-refractivity contribution is 0.0512. The van der Waals surface area contributed by atoms with E-state index in [0.717, 1.165) is 79.9 Å². The van der Waals surface area contributed by atoms with Gasteiger partial charge in [0.2, 0.25) is 0 Å². The summed E-state index contributed by atoms with van der Waals surface area (Å²) in [6, 6.07) is 28.7. The van der Waals surface area contributed by atoms with E-state index in [4.69, 9.17) is 19.3 Å². The summed E-state index contributed by atoms with van der Waals surface area (Å²) in [6.45, 7) is 7.14. The third-order valence-corrected chi connectivity index (χ3v) is 13.6. The average Bonchev–Trinajstić information content (AvgIpc) is 3.74. The van der Waals surface area contributed by atoms with E-state index in [1.807, 2.05) is 67.2 Å². The van der Waals surface area contributed by atoms with Gasteiger partial charge in [-0.25, -0.2) is 4.79 Å². The Labute approximate surface area is 352 Å². The highest BCUT2D eigenvalue weighted by Crippen LogP contribution is 2.40. The molecule has 0 spiro atoms. The summed E-state index contributed by atoms with van der Waals surface area (Å²) in [5, 5.41) is 8.34. The number of carbonyl (C=O) groups is 1. The summed E-state index contributed by atoms with van der Waals surface area (Å²) < 4.78 is 50.8. The zero-order valence-electron chi connectivity index (χ0n) is 35.3. The molecule has 0 amide bonds. The van der Waals surface area contributed by atoms with Gasteiger partial charge in [-0.2, -0.15) is 22.1 Å². The second kappa shape index (κ2) is 17.7. The number of piperazine rings is 1. The second-order valence-electron chi connectivity index (χ2n) is 15.8. The Morgan fingerprint density at radius 3 is 2.33 bits per heavy atom. The van der Waals surface area contributed by atoms with Crippen molar-refractivity contribution >= 4 is 43.5 Å². The van der Waals surface area contributed by atoms with Crippen molar-refractivity contribution in [1.29, 1.82) is 0 Å². The Balaban J connectivity index is 1.08. The number of para-hydroxylation sites is 1. The molecule has 2 aromatic heterocycles. The van der Waals surface area contributed by atoms with Crippen LogP contribution in [0.3, 0.4) is 0 Å². The molecular formula is C46H55N7O6S. The number of nitrogens with zero attached hydrogens (tertiary/aromatic N) is 7. The first-order chi connectivity index (χ1) is 29.0. The summed E-state index contributed by atoms with van der Waals surface area (Å²) in [6.07, 6.45) is 2.21. The van der Waals surface area contributed by atoms with Gasteiger partial charge in [0.15, 0.2) is 0 Å². The topological polar surface area (TPSA) is 115 Å². The molecule has 0 unspecified atom stereocenters. The number of ether oxygens (including phenoxy) is 3. The first-order valence-corrected chi connectivity index (χ1v) is 22.3. The lowest BCUT2D eigenvalue weighted by Crippen LogP contribution is -2.51. The molecule has 2 aliphatic heterocycles. The summed E-state index contributed by atoms with van der Waals surface area (Å²) >= 11 is 0. The number of rotatable bonds is 13. The molecule has 14 heteroatoms. The number of carbonyl (C=O) groups excluding carboxylic acids is 1. The van der Waals surface area contributed by atoms with Gasteiger partial charge in [-0.05, 0) is 81.1 Å². The van der Waals surface area contributed by atoms with Gasteiger partial charge in [0.25, 0.3) is 10.2 Å². The molecule has 2 aliphatic rings. The Morgan fingerprint density at radius 2 is 1.57 bits per heavy atom. The van der Waals surface area contributed by atoms with Gasteiger partial charge >= 0.3 is 5.97 Å². The number of benzene rings is 4. The predicted molar refractivity (Wildman–Crippen MR) is 236 cm³/mol. The first kappa shape index (κ1) is 41.3. The molecule has 4 heterocycles. The maximum atomic E-state index is 14.0. The molecule has 0 radical (unpaired) electrons. The Morgan fingerprint density at radius 1 is 0.833 bits per heavy atom. The third-order valence-electron chi connectivity index (χ3n) is 11.7. The standard InChI is InChI=1S/C46H55N7O6S/c1-6-57-46(54)45-38(18-11-30-58-42-19-9-14-33-13-7-8-15-36(33)42)37-16-10-17-39-43-40(31-49(4)24-12-25-53(45)44(37)39)47-50(5)41(43)32-59-35-22-20-34(21-23-35)51-26-28-52(29-27-51)60(55,56)48(2)3/h7-10,13-17,19-23H,6,11-12,18,24-32H2,1-5H3. The highest BCUT2D eigenvalue weighted by Gasteiger charge is 2.31. The Kier molecular flexibility index (Phi) is 12.2. The fourth-order valence-corrected chi connectivity index (χ4v) is 9.78. The predicted octanol–water partition coefficient (Wildman–Crippen LogP) is 6.73. The zero-order chi connectivity index (χ0) is 42.0. The fraction of sp³-hybridized carbons (Fsp3) is 0.391. The first-order valence-electron chi connectivity index (χ1n) is 20.9. The number of fused-ring (bicyclic) bond motifs is 3. The summed E-state index contributed by atoms with van der Waals surface area (Å²) in [7, 11) is 3.78. The molecule has 13 nitrogen and oxygen atoms in total. The van der Waals surface area contributed by atoms with Gasteiger partial charge in [0.05, 0.1) is 30.1 Å². The summed E-state index contributed by atoms with van der Waals surface area (Å²) in [4.78, 5) is 18.5. The van der Waals surface area contributed by atoms with Gasteiger partial charge < -0.3 is 28.6 Å². The number of hydrogen-bond donors (Lipinski definition) is 0. The van der Waals surface area contributed by atoms with E-state index in [1.165, 1.54) is 8.61 Å². The minimum absolute atomic E-state index is 0.281. The molecule has 8 rings (SSSR count). The van der Waals surface area contributed by atoms with Crippen LogP contribution in [-0.2, 0) is 48.1 Å². The minimum Gasteiger partial charge on any atom is -0.493 e. The fourth-order valence-electron chi connectivity index (χ4n) is 8.70. The lowest BCUT2D eigenvalue weighted by Gasteiger charge is -2.36. The summed E-state index contributed by atoms with van der Waals surface area (Å²) in [5.74, 6) is 1.27. The van der Waals surface area contributed by atoms with Gasteiger partial charge in [0, 0.05) is 88.0 Å². The van der Waals surface area contributed by atoms with E-state index in [-0.39, 0.29) is 19.2 Å². The van der Waals surface area contributed by atoms with Crippen LogP contribution in [0.4, 0.5) is 5.69 Å². The molecule has 1 fully saturated rings. The minimum atomic E-state index is -3.43. The van der Waals surface area contributed by atoms with Crippen molar-refractivity contribution in [3.05, 3.63) is 108 Å². The molecule has 6 aromatic rings. The molecule has 0 saturated carbocycles. The maximum absolute atomic E-state index is 14.0. The molecule has 0 aliphatic carbocycles. The van der Waals surface area contributed by atoms with Crippen LogP contribution in [-0.4, -0.2) is 109 Å². The van der Waals surface area contributed by atoms with Crippen molar-refractivity contribution in [1.82, 2.24) is 27.9 Å². The largest absolute Gasteiger partial charge is 0.493 e. The van der Waals surface area contributed by atoms with Crippen LogP contribution in [0.2, 0.25) is 0 Å². The van der Waals surface area contributed by atoms with Crippen molar-refractivity contribution in [3.8, 4) is 22.6 Å². The normalized spacial score (nSPS) is 15.4. The highest BCUT2D eigenvalue weighted by atomic mass is 32.2. The van der Waals surface area contributed by atoms with E-state index in [0.29, 0.717) is 64.4 Å². The molecule has 1 saturated heterocycles.